The Morgan fingerprint density at radius 3 is 2.82 bits per heavy atom. The zero-order valence-corrected chi connectivity index (χ0v) is 21.3. The van der Waals surface area contributed by atoms with E-state index in [1.165, 1.54) is 0 Å². The second-order valence-electron chi connectivity index (χ2n) is 9.28. The van der Waals surface area contributed by atoms with Crippen LogP contribution in [0.3, 0.4) is 0 Å². The molecule has 1 aromatic carbocycles. The average molecular weight is 534 g/mol. The predicted molar refractivity (Wildman–Crippen MR) is 131 cm³/mol. The van der Waals surface area contributed by atoms with Crippen LogP contribution in [0.1, 0.15) is 35.6 Å². The van der Waals surface area contributed by atoms with Crippen LogP contribution < -0.4 is 22.5 Å². The Balaban J connectivity index is 0.00000294. The predicted octanol–water partition coefficient (Wildman–Crippen LogP) is -0.885. The number of halogens is 1. The van der Waals surface area contributed by atoms with Crippen LogP contribution in [0.4, 0.5) is 0 Å². The van der Waals surface area contributed by atoms with Crippen molar-refractivity contribution in [2.45, 2.75) is 45.2 Å². The van der Waals surface area contributed by atoms with Crippen molar-refractivity contribution in [1.29, 1.82) is 0 Å². The van der Waals surface area contributed by atoms with Crippen molar-refractivity contribution in [3.8, 4) is 11.4 Å². The smallest absolute Gasteiger partial charge is 0.374 e. The van der Waals surface area contributed by atoms with Gasteiger partial charge < -0.3 is 31.6 Å². The summed E-state index contributed by atoms with van der Waals surface area (Å²) in [5.41, 5.74) is 2.18. The van der Waals surface area contributed by atoms with Crippen LogP contribution in [0.5, 0.6) is 0 Å². The average Bonchev–Trinajstić information content (AvgIpc) is 3.27. The van der Waals surface area contributed by atoms with Gasteiger partial charge in [-0.05, 0) is 30.7 Å². The molecule has 4 aromatic rings. The van der Waals surface area contributed by atoms with Gasteiger partial charge in [0.1, 0.15) is 6.61 Å². The molecule has 6 rings (SSSR count). The van der Waals surface area contributed by atoms with Gasteiger partial charge in [-0.2, -0.15) is 4.57 Å². The van der Waals surface area contributed by atoms with Gasteiger partial charge in [-0.3, -0.25) is 4.79 Å². The molecule has 10 heteroatoms. The van der Waals surface area contributed by atoms with E-state index in [4.69, 9.17) is 14.5 Å². The highest BCUT2D eigenvalue weighted by atomic mass is 35.5. The molecule has 2 aliphatic rings. The molecule has 0 saturated heterocycles. The van der Waals surface area contributed by atoms with Crippen molar-refractivity contribution in [2.24, 2.45) is 0 Å². The fourth-order valence-corrected chi connectivity index (χ4v) is 5.23. The molecular formula is C28H24ClN3O6. The van der Waals surface area contributed by atoms with Crippen molar-refractivity contribution >= 4 is 22.8 Å². The topological polar surface area (TPSA) is 112 Å². The monoisotopic (exact) mass is 533 g/mol. The van der Waals surface area contributed by atoms with Gasteiger partial charge in [-0.25, -0.2) is 14.6 Å². The maximum absolute atomic E-state index is 13.6. The van der Waals surface area contributed by atoms with Crippen LogP contribution in [0, 0.1) is 0 Å². The zero-order valence-electron chi connectivity index (χ0n) is 20.5. The van der Waals surface area contributed by atoms with Crippen LogP contribution in [0.15, 0.2) is 65.7 Å². The highest BCUT2D eigenvalue weighted by molar-refractivity contribution is 5.88. The molecule has 0 fully saturated rings. The number of pyridine rings is 3. The summed E-state index contributed by atoms with van der Waals surface area (Å²) in [7, 11) is 0. The molecule has 38 heavy (non-hydrogen) atoms. The normalized spacial score (nSPS) is 17.2. The number of esters is 2. The molecule has 0 amide bonds. The fraction of sp³-hybridized carbons (Fsp3) is 0.250. The second-order valence-corrected chi connectivity index (χ2v) is 9.28. The van der Waals surface area contributed by atoms with Crippen LogP contribution in [0.2, 0.25) is 0 Å². The molecular weight excluding hydrogens is 510 g/mol. The van der Waals surface area contributed by atoms with Gasteiger partial charge in [-0.1, -0.05) is 25.1 Å². The summed E-state index contributed by atoms with van der Waals surface area (Å²) in [4.78, 5) is 44.6. The maximum Gasteiger partial charge on any atom is 0.374 e. The lowest BCUT2D eigenvalue weighted by Crippen LogP contribution is -3.00. The van der Waals surface area contributed by atoms with Gasteiger partial charge in [-0.15, -0.1) is 0 Å². The third-order valence-corrected chi connectivity index (χ3v) is 7.09. The number of fused-ring (bicyclic) bond motifs is 5. The number of carbonyl (C=O) groups excluding carboxylic acids is 2. The van der Waals surface area contributed by atoms with Gasteiger partial charge in [0.05, 0.1) is 35.6 Å². The molecule has 5 heterocycles. The van der Waals surface area contributed by atoms with Crippen molar-refractivity contribution in [3.63, 3.8) is 0 Å². The molecule has 0 aliphatic carbocycles. The summed E-state index contributed by atoms with van der Waals surface area (Å²) >= 11 is 0. The number of rotatable bonds is 5. The molecule has 0 saturated carbocycles. The fourth-order valence-electron chi connectivity index (χ4n) is 5.23. The van der Waals surface area contributed by atoms with Crippen LogP contribution in [0.25, 0.3) is 22.3 Å². The lowest BCUT2D eigenvalue weighted by atomic mass is 9.85. The highest BCUT2D eigenvalue weighted by Gasteiger charge is 2.50. The molecule has 0 bridgehead atoms. The van der Waals surface area contributed by atoms with E-state index in [0.29, 0.717) is 34.6 Å². The number of aliphatic hydroxyl groups is 1. The summed E-state index contributed by atoms with van der Waals surface area (Å²) in [6.45, 7) is 1.53. The number of aromatic nitrogens is 3. The largest absolute Gasteiger partial charge is 1.00 e. The first kappa shape index (κ1) is 25.6. The number of nitrogens with zero attached hydrogens (tertiary/aromatic N) is 3. The van der Waals surface area contributed by atoms with E-state index in [2.05, 4.69) is 0 Å². The quantitative estimate of drug-likeness (QED) is 0.230. The molecule has 0 radical (unpaired) electrons. The first-order valence-electron chi connectivity index (χ1n) is 12.1. The summed E-state index contributed by atoms with van der Waals surface area (Å²) in [5.74, 6) is -1.38. The summed E-state index contributed by atoms with van der Waals surface area (Å²) in [6, 6.07) is 14.9. The Bertz CT molecular complexity index is 1670. The van der Waals surface area contributed by atoms with Gasteiger partial charge in [0.2, 0.25) is 12.1 Å². The third kappa shape index (κ3) is 3.95. The van der Waals surface area contributed by atoms with E-state index in [1.54, 1.807) is 46.7 Å². The molecule has 3 aromatic heterocycles. The Labute approximate surface area is 223 Å². The molecule has 0 spiro atoms. The Morgan fingerprint density at radius 1 is 1.21 bits per heavy atom. The number of para-hydroxylation sites is 1. The number of benzene rings is 1. The molecule has 9 nitrogen and oxygen atoms in total. The Hall–Kier alpha value is -4.08. The second kappa shape index (κ2) is 9.66. The van der Waals surface area contributed by atoms with Crippen LogP contribution >= 0.6 is 0 Å². The van der Waals surface area contributed by atoms with E-state index in [-0.39, 0.29) is 44.1 Å². The standard InChI is InChI=1S/C28H24N3O6.ClH/c1-2-28(37-24(33)14-30-9-5-6-17(12-30)15-32)21-11-23-25-19(10-18-7-3-4-8-22(18)29-25)13-31(23)26(34)20(21)16-36-27(28)35;/h3-12,32H,2,13-16H2,1H3;1H/q+1;/p-1/t28-;/m0./s1. The lowest BCUT2D eigenvalue weighted by Gasteiger charge is -2.35. The summed E-state index contributed by atoms with van der Waals surface area (Å²) in [6.07, 6.45) is 3.38. The van der Waals surface area contributed by atoms with E-state index in [1.807, 2.05) is 30.3 Å². The number of ether oxygens (including phenoxy) is 2. The van der Waals surface area contributed by atoms with E-state index < -0.39 is 17.5 Å². The van der Waals surface area contributed by atoms with Crippen molar-refractivity contribution in [2.75, 3.05) is 0 Å². The minimum Gasteiger partial charge on any atom is -1.00 e. The SMILES string of the molecule is CC[C@@]1(OC(=O)C[n+]2cccc(CO)c2)C(=O)OCc2c1cc1n(c2=O)Cc2cc3ccccc3nc2-1.[Cl-]. The molecule has 2 aliphatic heterocycles. The first-order chi connectivity index (χ1) is 17.9. The molecule has 194 valence electrons. The van der Waals surface area contributed by atoms with Gasteiger partial charge in [0, 0.05) is 28.1 Å². The van der Waals surface area contributed by atoms with Crippen molar-refractivity contribution in [3.05, 3.63) is 93.5 Å². The summed E-state index contributed by atoms with van der Waals surface area (Å²) < 4.78 is 14.4. The summed E-state index contributed by atoms with van der Waals surface area (Å²) in [5, 5.41) is 10.4. The van der Waals surface area contributed by atoms with E-state index >= 15 is 0 Å². The van der Waals surface area contributed by atoms with Crippen molar-refractivity contribution in [1.82, 2.24) is 9.55 Å². The number of hydrogen-bond acceptors (Lipinski definition) is 7. The Kier molecular flexibility index (Phi) is 6.50. The number of cyclic esters (lactones) is 1. The lowest BCUT2D eigenvalue weighted by molar-refractivity contribution is -0.686. The van der Waals surface area contributed by atoms with Gasteiger partial charge in [0.15, 0.2) is 12.4 Å². The maximum atomic E-state index is 13.6. The van der Waals surface area contributed by atoms with Gasteiger partial charge in [0.25, 0.3) is 5.56 Å². The van der Waals surface area contributed by atoms with Crippen molar-refractivity contribution < 1.29 is 41.1 Å². The molecule has 1 atom stereocenters. The van der Waals surface area contributed by atoms with E-state index in [0.717, 1.165) is 16.5 Å². The van der Waals surface area contributed by atoms with E-state index in [9.17, 15) is 19.5 Å². The first-order valence-corrected chi connectivity index (χ1v) is 12.1. The third-order valence-electron chi connectivity index (χ3n) is 7.09. The van der Waals surface area contributed by atoms with Gasteiger partial charge >= 0.3 is 11.9 Å². The molecule has 1 N–H and O–H groups in total. The highest BCUT2D eigenvalue weighted by Crippen LogP contribution is 2.40. The number of aliphatic hydroxyl groups excluding tert-OH is 1. The van der Waals surface area contributed by atoms with Crippen LogP contribution in [-0.2, 0) is 51.0 Å². The molecule has 0 unspecified atom stereocenters. The zero-order chi connectivity index (χ0) is 25.7. The minimum absolute atomic E-state index is 0. The number of hydrogen-bond donors (Lipinski definition) is 1. The van der Waals surface area contributed by atoms with Crippen LogP contribution in [-0.4, -0.2) is 26.6 Å². The minimum atomic E-state index is -1.76. The number of carbonyl (C=O) groups is 2. The Morgan fingerprint density at radius 2 is 2.03 bits per heavy atom.